The van der Waals surface area contributed by atoms with Crippen LogP contribution >= 0.6 is 0 Å². The number of benzene rings is 2. The average Bonchev–Trinajstić information content (AvgIpc) is 3.55. The Morgan fingerprint density at radius 2 is 1.89 bits per heavy atom. The second-order valence-electron chi connectivity index (χ2n) is 11.8. The van der Waals surface area contributed by atoms with Crippen LogP contribution in [0, 0.1) is 17.2 Å². The Morgan fingerprint density at radius 3 is 2.55 bits per heavy atom. The van der Waals surface area contributed by atoms with Crippen molar-refractivity contribution in [3.05, 3.63) is 59.2 Å². The molecule has 1 aliphatic carbocycles. The number of fused-ring (bicyclic) bond motifs is 3. The average molecular weight is 515 g/mol. The number of rotatable bonds is 5. The summed E-state index contributed by atoms with van der Waals surface area (Å²) in [5.41, 5.74) is 3.15. The minimum absolute atomic E-state index is 0.0472. The molecule has 2 aromatic rings. The molecule has 1 N–H and O–H groups in total. The summed E-state index contributed by atoms with van der Waals surface area (Å²) in [4.78, 5) is 41.8. The van der Waals surface area contributed by atoms with Gasteiger partial charge in [-0.3, -0.25) is 14.5 Å². The predicted molar refractivity (Wildman–Crippen MR) is 142 cm³/mol. The van der Waals surface area contributed by atoms with Crippen LogP contribution in [0.25, 0.3) is 11.1 Å². The molecule has 38 heavy (non-hydrogen) atoms. The lowest BCUT2D eigenvalue weighted by atomic mass is 9.94. The summed E-state index contributed by atoms with van der Waals surface area (Å²) in [5, 5.41) is 12.8. The maximum absolute atomic E-state index is 13.5. The molecule has 198 valence electrons. The van der Waals surface area contributed by atoms with Gasteiger partial charge in [0.1, 0.15) is 17.2 Å². The zero-order valence-electron chi connectivity index (χ0n) is 22.4. The molecular weight excluding hydrogens is 480 g/mol. The number of nitriles is 1. The monoisotopic (exact) mass is 514 g/mol. The Morgan fingerprint density at radius 1 is 1.18 bits per heavy atom. The molecule has 5 rings (SSSR count). The Kier molecular flexibility index (Phi) is 6.42. The van der Waals surface area contributed by atoms with Gasteiger partial charge in [0.2, 0.25) is 5.91 Å². The third-order valence-corrected chi connectivity index (χ3v) is 7.86. The molecule has 3 amide bonds. The maximum atomic E-state index is 13.5. The number of nitrogens with one attached hydrogen (secondary N) is 1. The van der Waals surface area contributed by atoms with Gasteiger partial charge in [0, 0.05) is 32.1 Å². The predicted octanol–water partition coefficient (Wildman–Crippen LogP) is 4.28. The topological polar surface area (TPSA) is 103 Å². The molecule has 2 bridgehead atoms. The van der Waals surface area contributed by atoms with Gasteiger partial charge in [0.15, 0.2) is 0 Å². The van der Waals surface area contributed by atoms with Gasteiger partial charge in [-0.05, 0) is 80.3 Å². The van der Waals surface area contributed by atoms with Crippen LogP contribution in [-0.4, -0.2) is 58.5 Å². The lowest BCUT2D eigenvalue weighted by molar-refractivity contribution is -0.132. The summed E-state index contributed by atoms with van der Waals surface area (Å²) in [5.74, 6) is 0.0502. The van der Waals surface area contributed by atoms with Crippen molar-refractivity contribution in [1.29, 1.82) is 5.26 Å². The van der Waals surface area contributed by atoms with E-state index in [1.165, 1.54) is 0 Å². The number of carbonyl (C=O) groups excluding carboxylic acids is 3. The van der Waals surface area contributed by atoms with Gasteiger partial charge < -0.3 is 15.0 Å². The smallest absolute Gasteiger partial charge is 0.411 e. The minimum atomic E-state index is -0.949. The first-order valence-corrected chi connectivity index (χ1v) is 13.2. The fourth-order valence-corrected chi connectivity index (χ4v) is 5.99. The summed E-state index contributed by atoms with van der Waals surface area (Å²) in [6.07, 6.45) is 1.96. The first-order valence-electron chi connectivity index (χ1n) is 13.2. The van der Waals surface area contributed by atoms with Gasteiger partial charge in [0.05, 0.1) is 6.07 Å². The second kappa shape index (κ2) is 9.46. The zero-order chi connectivity index (χ0) is 27.2. The normalized spacial score (nSPS) is 22.7. The highest BCUT2D eigenvalue weighted by molar-refractivity contribution is 5.98. The summed E-state index contributed by atoms with van der Waals surface area (Å²) < 4.78 is 5.58. The van der Waals surface area contributed by atoms with Crippen molar-refractivity contribution in [3.8, 4) is 17.2 Å². The Bertz CT molecular complexity index is 1320. The van der Waals surface area contributed by atoms with Crippen molar-refractivity contribution < 1.29 is 19.1 Å². The maximum Gasteiger partial charge on any atom is 0.411 e. The Balaban J connectivity index is 1.26. The molecule has 8 heteroatoms. The van der Waals surface area contributed by atoms with Gasteiger partial charge in [-0.2, -0.15) is 5.26 Å². The molecule has 0 spiro atoms. The van der Waals surface area contributed by atoms with E-state index < -0.39 is 23.3 Å². The minimum Gasteiger partial charge on any atom is -0.444 e. The molecule has 0 unspecified atom stereocenters. The van der Waals surface area contributed by atoms with E-state index >= 15 is 0 Å². The third-order valence-electron chi connectivity index (χ3n) is 7.86. The van der Waals surface area contributed by atoms with Crippen LogP contribution in [0.1, 0.15) is 61.5 Å². The Hall–Kier alpha value is -3.86. The van der Waals surface area contributed by atoms with E-state index in [4.69, 9.17) is 4.74 Å². The second-order valence-corrected chi connectivity index (χ2v) is 11.8. The first-order chi connectivity index (χ1) is 18.0. The molecule has 2 fully saturated rings. The van der Waals surface area contributed by atoms with Crippen LogP contribution in [0.2, 0.25) is 0 Å². The number of likely N-dealkylation sites (tertiary alicyclic amines) is 1. The number of nitrogens with zero attached hydrogens (tertiary/aromatic N) is 3. The fraction of sp³-hybridized carbons (Fsp3) is 0.467. The number of piperidine rings is 1. The van der Waals surface area contributed by atoms with Crippen LogP contribution in [0.5, 0.6) is 0 Å². The summed E-state index contributed by atoms with van der Waals surface area (Å²) in [7, 11) is 1.80. The molecule has 3 aliphatic rings. The highest BCUT2D eigenvalue weighted by Crippen LogP contribution is 2.47. The third kappa shape index (κ3) is 4.73. The molecule has 2 heterocycles. The fourth-order valence-electron chi connectivity index (χ4n) is 5.99. The van der Waals surface area contributed by atoms with Gasteiger partial charge in [-0.25, -0.2) is 4.79 Å². The standard InChI is InChI=1S/C30H34N4O4/c1-29(2,3)38-28(37)34-17-20-11-12-30(34,15-20)27(36)32-24(16-31)13-19-5-7-21(8-6-19)22-9-10-25-23(14-22)18-33(4)26(25)35/h5-10,14,20,24H,11-13,15,17-18H2,1-4H3,(H,32,36)/t20-,24+,30-/m1/s1. The van der Waals surface area contributed by atoms with Crippen LogP contribution < -0.4 is 5.32 Å². The lowest BCUT2D eigenvalue weighted by Crippen LogP contribution is -2.59. The van der Waals surface area contributed by atoms with E-state index in [0.717, 1.165) is 34.2 Å². The highest BCUT2D eigenvalue weighted by atomic mass is 16.6. The quantitative estimate of drug-likeness (QED) is 0.642. The zero-order valence-corrected chi connectivity index (χ0v) is 22.4. The highest BCUT2D eigenvalue weighted by Gasteiger charge is 2.58. The van der Waals surface area contributed by atoms with E-state index in [1.807, 2.05) is 57.2 Å². The van der Waals surface area contributed by atoms with Crippen LogP contribution in [0.4, 0.5) is 4.79 Å². The summed E-state index contributed by atoms with van der Waals surface area (Å²) in [6, 6.07) is 15.3. The van der Waals surface area contributed by atoms with E-state index in [0.29, 0.717) is 32.4 Å². The molecule has 2 aromatic carbocycles. The van der Waals surface area contributed by atoms with Gasteiger partial charge in [-0.15, -0.1) is 0 Å². The van der Waals surface area contributed by atoms with E-state index in [9.17, 15) is 19.6 Å². The molecule has 0 radical (unpaired) electrons. The Labute approximate surface area is 223 Å². The van der Waals surface area contributed by atoms with Crippen LogP contribution in [-0.2, 0) is 22.5 Å². The molecule has 8 nitrogen and oxygen atoms in total. The number of hydrogen-bond donors (Lipinski definition) is 1. The molecule has 0 aromatic heterocycles. The number of amides is 3. The van der Waals surface area contributed by atoms with Crippen molar-refractivity contribution in [2.24, 2.45) is 5.92 Å². The first kappa shape index (κ1) is 25.8. The molecule has 3 atom stereocenters. The number of ether oxygens (including phenoxy) is 1. The van der Waals surface area contributed by atoms with Crippen molar-refractivity contribution in [1.82, 2.24) is 15.1 Å². The summed E-state index contributed by atoms with van der Waals surface area (Å²) in [6.45, 7) is 6.55. The van der Waals surface area contributed by atoms with Crippen molar-refractivity contribution in [2.45, 2.75) is 70.2 Å². The van der Waals surface area contributed by atoms with Crippen molar-refractivity contribution in [3.63, 3.8) is 0 Å². The summed E-state index contributed by atoms with van der Waals surface area (Å²) >= 11 is 0. The van der Waals surface area contributed by atoms with E-state index in [-0.39, 0.29) is 17.7 Å². The molecule has 1 saturated carbocycles. The molecule has 1 saturated heterocycles. The van der Waals surface area contributed by atoms with Crippen molar-refractivity contribution in [2.75, 3.05) is 13.6 Å². The van der Waals surface area contributed by atoms with Crippen LogP contribution in [0.3, 0.4) is 0 Å². The SMILES string of the molecule is CN1Cc2cc(-c3ccc(C[C@@H](C#N)NC(=O)[C@]45CC[C@@H](CN4C(=O)OC(C)(C)C)C5)cc3)ccc2C1=O. The largest absolute Gasteiger partial charge is 0.444 e. The number of carbonyl (C=O) groups is 3. The van der Waals surface area contributed by atoms with E-state index in [2.05, 4.69) is 17.5 Å². The van der Waals surface area contributed by atoms with E-state index in [1.54, 1.807) is 16.8 Å². The van der Waals surface area contributed by atoms with Gasteiger partial charge in [0.25, 0.3) is 5.91 Å². The van der Waals surface area contributed by atoms with Crippen molar-refractivity contribution >= 4 is 17.9 Å². The molecular formula is C30H34N4O4. The van der Waals surface area contributed by atoms with Gasteiger partial charge in [-0.1, -0.05) is 30.3 Å². The lowest BCUT2D eigenvalue weighted by Gasteiger charge is -2.38. The molecule has 2 aliphatic heterocycles. The number of hydrogen-bond acceptors (Lipinski definition) is 5. The van der Waals surface area contributed by atoms with Gasteiger partial charge >= 0.3 is 6.09 Å². The van der Waals surface area contributed by atoms with Crippen LogP contribution in [0.15, 0.2) is 42.5 Å².